The first-order chi connectivity index (χ1) is 12.1. The topological polar surface area (TPSA) is 9.23 Å². The van der Waals surface area contributed by atoms with E-state index in [2.05, 4.69) is 96.5 Å². The van der Waals surface area contributed by atoms with Crippen molar-refractivity contribution in [3.63, 3.8) is 0 Å². The van der Waals surface area contributed by atoms with Crippen LogP contribution in [0.5, 0.6) is 5.75 Å². The average Bonchev–Trinajstić information content (AvgIpc) is 2.67. The fraction of sp³-hybridized carbons (Fsp3) is 0.130. The minimum Gasteiger partial charge on any atom is -0.473 e. The van der Waals surface area contributed by atoms with Gasteiger partial charge in [0, 0.05) is 21.2 Å². The standard InChI is InChI=1S/C23H19BrO/c1-16-17(2)22-18(15-21(16)24)13-14-23(25-22,19-9-5-3-6-10-19)20-11-7-4-8-12-20/h3-15H,1-2H3. The third kappa shape index (κ3) is 2.61. The molecule has 0 aliphatic carbocycles. The summed E-state index contributed by atoms with van der Waals surface area (Å²) in [6, 6.07) is 23.0. The van der Waals surface area contributed by atoms with E-state index in [9.17, 15) is 0 Å². The molecule has 1 nitrogen and oxygen atoms in total. The molecular formula is C23H19BrO. The van der Waals surface area contributed by atoms with E-state index in [0.29, 0.717) is 0 Å². The van der Waals surface area contributed by atoms with Crippen molar-refractivity contribution in [3.05, 3.63) is 105 Å². The fourth-order valence-corrected chi connectivity index (χ4v) is 3.93. The quantitative estimate of drug-likeness (QED) is 0.490. The van der Waals surface area contributed by atoms with Crippen LogP contribution in [0.15, 0.2) is 77.3 Å². The Balaban J connectivity index is 1.96. The number of halogens is 1. The number of ether oxygens (including phenoxy) is 1. The molecule has 0 bridgehead atoms. The summed E-state index contributed by atoms with van der Waals surface area (Å²) < 4.78 is 7.87. The second-order valence-corrected chi connectivity index (χ2v) is 7.28. The van der Waals surface area contributed by atoms with Crippen molar-refractivity contribution in [2.45, 2.75) is 19.4 Å². The maximum atomic E-state index is 6.75. The Bertz CT molecular complexity index is 903. The van der Waals surface area contributed by atoms with Crippen molar-refractivity contribution < 1.29 is 4.74 Å². The summed E-state index contributed by atoms with van der Waals surface area (Å²) in [5.74, 6) is 0.955. The van der Waals surface area contributed by atoms with Crippen molar-refractivity contribution in [2.24, 2.45) is 0 Å². The van der Waals surface area contributed by atoms with E-state index in [1.54, 1.807) is 0 Å². The van der Waals surface area contributed by atoms with Crippen LogP contribution in [-0.4, -0.2) is 0 Å². The minimum atomic E-state index is -0.611. The molecule has 3 aromatic rings. The molecule has 0 aromatic heterocycles. The van der Waals surface area contributed by atoms with Gasteiger partial charge in [-0.05, 0) is 37.1 Å². The third-order valence-electron chi connectivity index (χ3n) is 4.97. The first-order valence-electron chi connectivity index (χ1n) is 8.41. The molecule has 1 heterocycles. The van der Waals surface area contributed by atoms with Gasteiger partial charge in [0.2, 0.25) is 0 Å². The van der Waals surface area contributed by atoms with Crippen molar-refractivity contribution in [3.8, 4) is 5.75 Å². The van der Waals surface area contributed by atoms with Gasteiger partial charge in [-0.1, -0.05) is 82.7 Å². The molecule has 1 aliphatic rings. The predicted molar refractivity (Wildman–Crippen MR) is 107 cm³/mol. The molecule has 0 fully saturated rings. The normalized spacial score (nSPS) is 14.7. The predicted octanol–water partition coefficient (Wildman–Crippen LogP) is 6.42. The van der Waals surface area contributed by atoms with E-state index in [1.807, 2.05) is 12.1 Å². The zero-order chi connectivity index (χ0) is 17.4. The van der Waals surface area contributed by atoms with Gasteiger partial charge in [-0.3, -0.25) is 0 Å². The molecule has 0 radical (unpaired) electrons. The highest BCUT2D eigenvalue weighted by molar-refractivity contribution is 9.10. The molecule has 0 saturated carbocycles. The molecule has 3 aromatic carbocycles. The van der Waals surface area contributed by atoms with E-state index in [0.717, 1.165) is 26.9 Å². The van der Waals surface area contributed by atoms with E-state index in [4.69, 9.17) is 4.74 Å². The highest BCUT2D eigenvalue weighted by Gasteiger charge is 2.37. The van der Waals surface area contributed by atoms with Crippen LogP contribution in [0.25, 0.3) is 6.08 Å². The molecule has 0 saturated heterocycles. The lowest BCUT2D eigenvalue weighted by atomic mass is 9.83. The number of benzene rings is 3. The van der Waals surface area contributed by atoms with Crippen LogP contribution in [0.3, 0.4) is 0 Å². The molecule has 0 N–H and O–H groups in total. The fourth-order valence-electron chi connectivity index (χ4n) is 3.39. The average molecular weight is 391 g/mol. The van der Waals surface area contributed by atoms with E-state index >= 15 is 0 Å². The van der Waals surface area contributed by atoms with Crippen LogP contribution in [-0.2, 0) is 5.60 Å². The van der Waals surface area contributed by atoms with Crippen LogP contribution < -0.4 is 4.74 Å². The number of fused-ring (bicyclic) bond motifs is 1. The lowest BCUT2D eigenvalue weighted by Crippen LogP contribution is -2.34. The Morgan fingerprint density at radius 2 is 1.36 bits per heavy atom. The zero-order valence-corrected chi connectivity index (χ0v) is 15.9. The Morgan fingerprint density at radius 3 is 1.92 bits per heavy atom. The van der Waals surface area contributed by atoms with E-state index in [-0.39, 0.29) is 0 Å². The zero-order valence-electron chi connectivity index (χ0n) is 14.3. The van der Waals surface area contributed by atoms with E-state index in [1.165, 1.54) is 11.1 Å². The van der Waals surface area contributed by atoms with Crippen molar-refractivity contribution in [1.29, 1.82) is 0 Å². The Labute approximate surface area is 157 Å². The molecule has 0 atom stereocenters. The van der Waals surface area contributed by atoms with Crippen molar-refractivity contribution in [1.82, 2.24) is 0 Å². The summed E-state index contributed by atoms with van der Waals surface area (Å²) in [5, 5.41) is 0. The molecule has 25 heavy (non-hydrogen) atoms. The lowest BCUT2D eigenvalue weighted by Gasteiger charge is -2.37. The van der Waals surface area contributed by atoms with Gasteiger partial charge in [0.05, 0.1) is 0 Å². The number of hydrogen-bond donors (Lipinski definition) is 0. The number of hydrogen-bond acceptors (Lipinski definition) is 1. The van der Waals surface area contributed by atoms with Gasteiger partial charge in [-0.15, -0.1) is 0 Å². The van der Waals surface area contributed by atoms with Gasteiger partial charge in [0.15, 0.2) is 5.60 Å². The van der Waals surface area contributed by atoms with Crippen LogP contribution in [0, 0.1) is 13.8 Å². The first kappa shape index (κ1) is 16.2. The van der Waals surface area contributed by atoms with Crippen molar-refractivity contribution in [2.75, 3.05) is 0 Å². The second-order valence-electron chi connectivity index (χ2n) is 6.43. The summed E-state index contributed by atoms with van der Waals surface area (Å²) in [7, 11) is 0. The van der Waals surface area contributed by atoms with Crippen LogP contribution >= 0.6 is 15.9 Å². The van der Waals surface area contributed by atoms with Crippen LogP contribution in [0.2, 0.25) is 0 Å². The minimum absolute atomic E-state index is 0.611. The van der Waals surface area contributed by atoms with Gasteiger partial charge in [0.1, 0.15) is 5.75 Å². The molecule has 4 rings (SSSR count). The first-order valence-corrected chi connectivity index (χ1v) is 9.20. The lowest BCUT2D eigenvalue weighted by molar-refractivity contribution is 0.159. The summed E-state index contributed by atoms with van der Waals surface area (Å²) in [6.45, 7) is 4.24. The van der Waals surface area contributed by atoms with Gasteiger partial charge in [-0.2, -0.15) is 0 Å². The Morgan fingerprint density at radius 1 is 0.800 bits per heavy atom. The molecular weight excluding hydrogens is 372 g/mol. The maximum Gasteiger partial charge on any atom is 0.178 e. The van der Waals surface area contributed by atoms with Crippen molar-refractivity contribution >= 4 is 22.0 Å². The largest absolute Gasteiger partial charge is 0.473 e. The molecule has 0 unspecified atom stereocenters. The van der Waals surface area contributed by atoms with Gasteiger partial charge in [-0.25, -0.2) is 0 Å². The van der Waals surface area contributed by atoms with Gasteiger partial charge in [0.25, 0.3) is 0 Å². The molecule has 2 heteroatoms. The SMILES string of the molecule is Cc1c(Br)cc2c(c1C)OC(c1ccccc1)(c1ccccc1)C=C2. The molecule has 1 aliphatic heterocycles. The summed E-state index contributed by atoms with van der Waals surface area (Å²) in [6.07, 6.45) is 4.34. The Hall–Kier alpha value is -2.32. The molecule has 0 amide bonds. The van der Waals surface area contributed by atoms with Crippen LogP contribution in [0.4, 0.5) is 0 Å². The summed E-state index contributed by atoms with van der Waals surface area (Å²) in [4.78, 5) is 0. The third-order valence-corrected chi connectivity index (χ3v) is 5.80. The maximum absolute atomic E-state index is 6.75. The highest BCUT2D eigenvalue weighted by atomic mass is 79.9. The summed E-state index contributed by atoms with van der Waals surface area (Å²) >= 11 is 3.65. The second kappa shape index (κ2) is 6.20. The van der Waals surface area contributed by atoms with Gasteiger partial charge >= 0.3 is 0 Å². The van der Waals surface area contributed by atoms with E-state index < -0.39 is 5.60 Å². The van der Waals surface area contributed by atoms with Gasteiger partial charge < -0.3 is 4.74 Å². The highest BCUT2D eigenvalue weighted by Crippen LogP contribution is 2.45. The Kier molecular flexibility index (Phi) is 4.01. The smallest absolute Gasteiger partial charge is 0.178 e. The monoisotopic (exact) mass is 390 g/mol. The molecule has 0 spiro atoms. The number of rotatable bonds is 2. The summed E-state index contributed by atoms with van der Waals surface area (Å²) in [5.41, 5.74) is 5.14. The molecule has 124 valence electrons. The van der Waals surface area contributed by atoms with Crippen LogP contribution in [0.1, 0.15) is 27.8 Å².